The van der Waals surface area contributed by atoms with Crippen molar-refractivity contribution in [1.82, 2.24) is 15.5 Å². The Morgan fingerprint density at radius 2 is 1.73 bits per heavy atom. The predicted molar refractivity (Wildman–Crippen MR) is 125 cm³/mol. The Balaban J connectivity index is 0.00000450. The molecule has 0 atom stereocenters. The van der Waals surface area contributed by atoms with Crippen LogP contribution in [0.15, 0.2) is 29.3 Å². The SMILES string of the molecule is CCNC(=NCc1ccc(CN2CCCCC2)cc1)NCCCOCC(F)(F)F.I. The summed E-state index contributed by atoms with van der Waals surface area (Å²) in [5.74, 6) is 0.653. The van der Waals surface area contributed by atoms with Gasteiger partial charge in [-0.15, -0.1) is 24.0 Å². The number of piperidine rings is 1. The molecule has 5 nitrogen and oxygen atoms in total. The molecule has 1 aromatic rings. The monoisotopic (exact) mass is 542 g/mol. The Morgan fingerprint density at radius 3 is 2.37 bits per heavy atom. The van der Waals surface area contributed by atoms with Crippen molar-refractivity contribution in [3.05, 3.63) is 35.4 Å². The van der Waals surface area contributed by atoms with Crippen LogP contribution < -0.4 is 10.6 Å². The molecule has 0 bridgehead atoms. The molecule has 1 fully saturated rings. The van der Waals surface area contributed by atoms with Gasteiger partial charge in [-0.1, -0.05) is 30.7 Å². The van der Waals surface area contributed by atoms with Gasteiger partial charge < -0.3 is 15.4 Å². The minimum absolute atomic E-state index is 0. The van der Waals surface area contributed by atoms with Gasteiger partial charge in [-0.3, -0.25) is 4.90 Å². The Hall–Kier alpha value is -1.07. The van der Waals surface area contributed by atoms with Crippen LogP contribution in [0.2, 0.25) is 0 Å². The lowest BCUT2D eigenvalue weighted by Crippen LogP contribution is -2.38. The maximum absolute atomic E-state index is 12.0. The molecule has 0 aliphatic carbocycles. The highest BCUT2D eigenvalue weighted by atomic mass is 127. The number of benzene rings is 1. The molecular formula is C21H34F3IN4O. The van der Waals surface area contributed by atoms with Gasteiger partial charge in [0.1, 0.15) is 6.61 Å². The number of alkyl halides is 3. The highest BCUT2D eigenvalue weighted by Gasteiger charge is 2.27. The van der Waals surface area contributed by atoms with E-state index in [9.17, 15) is 13.2 Å². The number of nitrogens with one attached hydrogen (secondary N) is 2. The van der Waals surface area contributed by atoms with Gasteiger partial charge >= 0.3 is 6.18 Å². The van der Waals surface area contributed by atoms with Crippen molar-refractivity contribution in [1.29, 1.82) is 0 Å². The number of nitrogens with zero attached hydrogens (tertiary/aromatic N) is 2. The van der Waals surface area contributed by atoms with Crippen molar-refractivity contribution in [2.75, 3.05) is 39.4 Å². The summed E-state index contributed by atoms with van der Waals surface area (Å²) in [6.07, 6.45) is 0.137. The van der Waals surface area contributed by atoms with Crippen molar-refractivity contribution < 1.29 is 17.9 Å². The lowest BCUT2D eigenvalue weighted by Gasteiger charge is -2.26. The second kappa shape index (κ2) is 14.9. The molecule has 0 amide bonds. The minimum Gasteiger partial charge on any atom is -0.372 e. The zero-order valence-electron chi connectivity index (χ0n) is 17.6. The highest BCUT2D eigenvalue weighted by molar-refractivity contribution is 14.0. The fourth-order valence-corrected chi connectivity index (χ4v) is 3.21. The minimum atomic E-state index is -4.27. The van der Waals surface area contributed by atoms with Crippen molar-refractivity contribution in [2.24, 2.45) is 4.99 Å². The molecule has 9 heteroatoms. The molecule has 2 rings (SSSR count). The molecule has 2 N–H and O–H groups in total. The van der Waals surface area contributed by atoms with Crippen molar-refractivity contribution in [2.45, 2.75) is 51.9 Å². The average Bonchev–Trinajstić information content (AvgIpc) is 2.69. The van der Waals surface area contributed by atoms with E-state index in [-0.39, 0.29) is 30.6 Å². The van der Waals surface area contributed by atoms with Crippen LogP contribution in [-0.4, -0.2) is 56.4 Å². The molecule has 30 heavy (non-hydrogen) atoms. The molecule has 172 valence electrons. The third kappa shape index (κ3) is 11.9. The zero-order valence-corrected chi connectivity index (χ0v) is 20.0. The standard InChI is InChI=1S/C21H33F3N4O.HI/c1-2-25-20(26-11-6-14-29-17-21(22,23)24)27-15-18-7-9-19(10-8-18)16-28-12-4-3-5-13-28;/h7-10H,2-6,11-17H2,1H3,(H2,25,26,27);1H. The highest BCUT2D eigenvalue weighted by Crippen LogP contribution is 2.15. The Bertz CT molecular complexity index is 605. The quantitative estimate of drug-likeness (QED) is 0.200. The van der Waals surface area contributed by atoms with E-state index in [1.54, 1.807) is 0 Å². The molecule has 0 aromatic heterocycles. The van der Waals surface area contributed by atoms with Crippen molar-refractivity contribution >= 4 is 29.9 Å². The van der Waals surface area contributed by atoms with E-state index in [2.05, 4.69) is 49.5 Å². The molecular weight excluding hydrogens is 508 g/mol. The third-order valence-electron chi connectivity index (χ3n) is 4.67. The fraction of sp³-hybridized carbons (Fsp3) is 0.667. The summed E-state index contributed by atoms with van der Waals surface area (Å²) >= 11 is 0. The molecule has 0 saturated carbocycles. The van der Waals surface area contributed by atoms with Crippen LogP contribution in [0.25, 0.3) is 0 Å². The first kappa shape index (κ1) is 27.0. The Morgan fingerprint density at radius 1 is 1.07 bits per heavy atom. The molecule has 0 spiro atoms. The van der Waals surface area contributed by atoms with Gasteiger partial charge in [0.25, 0.3) is 0 Å². The summed E-state index contributed by atoms with van der Waals surface area (Å²) in [6, 6.07) is 8.55. The van der Waals surface area contributed by atoms with Crippen LogP contribution >= 0.6 is 24.0 Å². The number of ether oxygens (including phenoxy) is 1. The second-order valence-corrected chi connectivity index (χ2v) is 7.30. The predicted octanol–water partition coefficient (Wildman–Crippen LogP) is 4.31. The summed E-state index contributed by atoms with van der Waals surface area (Å²) < 4.78 is 40.7. The molecule has 1 aliphatic rings. The van der Waals surface area contributed by atoms with E-state index < -0.39 is 12.8 Å². The van der Waals surface area contributed by atoms with Crippen molar-refractivity contribution in [3.8, 4) is 0 Å². The summed E-state index contributed by atoms with van der Waals surface area (Å²) in [5.41, 5.74) is 2.45. The summed E-state index contributed by atoms with van der Waals surface area (Å²) in [6.45, 7) is 5.96. The number of rotatable bonds is 10. The number of halogens is 4. The van der Waals surface area contributed by atoms with Crippen LogP contribution in [0.1, 0.15) is 43.7 Å². The maximum Gasteiger partial charge on any atom is 0.411 e. The van der Waals surface area contributed by atoms with Crippen molar-refractivity contribution in [3.63, 3.8) is 0 Å². The number of hydrogen-bond donors (Lipinski definition) is 2. The van der Waals surface area contributed by atoms with E-state index >= 15 is 0 Å². The fourth-order valence-electron chi connectivity index (χ4n) is 3.21. The van der Waals surface area contributed by atoms with Gasteiger partial charge in [0, 0.05) is 26.2 Å². The van der Waals surface area contributed by atoms with Gasteiger partial charge in [-0.05, 0) is 50.4 Å². The largest absolute Gasteiger partial charge is 0.411 e. The number of likely N-dealkylation sites (tertiary alicyclic amines) is 1. The van der Waals surface area contributed by atoms with Gasteiger partial charge in [-0.25, -0.2) is 4.99 Å². The average molecular weight is 542 g/mol. The molecule has 0 radical (unpaired) electrons. The van der Waals surface area contributed by atoms with E-state index in [1.165, 1.54) is 37.9 Å². The lowest BCUT2D eigenvalue weighted by molar-refractivity contribution is -0.173. The first-order valence-electron chi connectivity index (χ1n) is 10.4. The normalized spacial score (nSPS) is 15.5. The Labute approximate surface area is 194 Å². The molecule has 1 saturated heterocycles. The second-order valence-electron chi connectivity index (χ2n) is 7.30. The van der Waals surface area contributed by atoms with E-state index in [4.69, 9.17) is 0 Å². The summed E-state index contributed by atoms with van der Waals surface area (Å²) in [4.78, 5) is 7.05. The van der Waals surface area contributed by atoms with E-state index in [0.717, 1.165) is 12.1 Å². The maximum atomic E-state index is 12.0. The van der Waals surface area contributed by atoms with Gasteiger partial charge in [0.15, 0.2) is 5.96 Å². The van der Waals surface area contributed by atoms with E-state index in [0.29, 0.717) is 32.0 Å². The molecule has 1 aromatic carbocycles. The Kier molecular flexibility index (Phi) is 13.3. The van der Waals surface area contributed by atoms with Gasteiger partial charge in [0.05, 0.1) is 6.54 Å². The number of guanidine groups is 1. The van der Waals surface area contributed by atoms with Crippen LogP contribution in [-0.2, 0) is 17.8 Å². The summed E-state index contributed by atoms with van der Waals surface area (Å²) in [7, 11) is 0. The first-order valence-corrected chi connectivity index (χ1v) is 10.4. The molecule has 1 aliphatic heterocycles. The molecule has 1 heterocycles. The number of aliphatic imine (C=N–C) groups is 1. The number of hydrogen-bond acceptors (Lipinski definition) is 3. The topological polar surface area (TPSA) is 48.9 Å². The smallest absolute Gasteiger partial charge is 0.372 e. The van der Waals surface area contributed by atoms with Crippen LogP contribution in [0, 0.1) is 0 Å². The zero-order chi connectivity index (χ0) is 21.0. The van der Waals surface area contributed by atoms with Crippen LogP contribution in [0.4, 0.5) is 13.2 Å². The third-order valence-corrected chi connectivity index (χ3v) is 4.67. The van der Waals surface area contributed by atoms with Crippen LogP contribution in [0.3, 0.4) is 0 Å². The van der Waals surface area contributed by atoms with Gasteiger partial charge in [0.2, 0.25) is 0 Å². The lowest BCUT2D eigenvalue weighted by atomic mass is 10.1. The van der Waals surface area contributed by atoms with E-state index in [1.807, 2.05) is 6.92 Å². The van der Waals surface area contributed by atoms with Crippen LogP contribution in [0.5, 0.6) is 0 Å². The molecule has 0 unspecified atom stereocenters. The summed E-state index contributed by atoms with van der Waals surface area (Å²) in [5, 5.41) is 6.27. The van der Waals surface area contributed by atoms with Gasteiger partial charge in [-0.2, -0.15) is 13.2 Å². The first-order chi connectivity index (χ1) is 14.0.